The van der Waals surface area contributed by atoms with Gasteiger partial charge in [-0.25, -0.2) is 0 Å². The number of nitrogens with one attached hydrogen (secondary N) is 1. The number of hydrogen-bond donors (Lipinski definition) is 2. The predicted octanol–water partition coefficient (Wildman–Crippen LogP) is 3.97. The Bertz CT molecular complexity index is 417. The molecule has 0 spiro atoms. The van der Waals surface area contributed by atoms with Crippen LogP contribution in [0.15, 0.2) is 24.3 Å². The number of benzene rings is 1. The Balaban J connectivity index is 2.33. The van der Waals surface area contributed by atoms with E-state index in [0.29, 0.717) is 6.61 Å². The summed E-state index contributed by atoms with van der Waals surface area (Å²) in [5.74, 6) is 5.88. The molecule has 2 rings (SSSR count). The lowest BCUT2D eigenvalue weighted by Gasteiger charge is -2.40. The van der Waals surface area contributed by atoms with Crippen molar-refractivity contribution in [2.24, 2.45) is 5.84 Å². The first-order valence-corrected chi connectivity index (χ1v) is 7.95. The average molecular weight is 297 g/mol. The minimum absolute atomic E-state index is 0.0146. The highest BCUT2D eigenvalue weighted by molar-refractivity contribution is 6.30. The van der Waals surface area contributed by atoms with Crippen LogP contribution in [0.2, 0.25) is 5.02 Å². The Morgan fingerprint density at radius 1 is 1.30 bits per heavy atom. The first kappa shape index (κ1) is 15.8. The van der Waals surface area contributed by atoms with E-state index in [4.69, 9.17) is 22.2 Å². The molecule has 4 heteroatoms. The van der Waals surface area contributed by atoms with Crippen molar-refractivity contribution in [3.05, 3.63) is 34.9 Å². The highest BCUT2D eigenvalue weighted by atomic mass is 35.5. The maximum absolute atomic E-state index is 6.21. The molecule has 0 radical (unpaired) electrons. The molecule has 1 unspecified atom stereocenters. The second-order valence-corrected chi connectivity index (χ2v) is 6.00. The van der Waals surface area contributed by atoms with Crippen LogP contribution in [0.1, 0.15) is 57.1 Å². The van der Waals surface area contributed by atoms with E-state index in [1.807, 2.05) is 18.2 Å². The zero-order valence-electron chi connectivity index (χ0n) is 12.2. The van der Waals surface area contributed by atoms with E-state index in [2.05, 4.69) is 18.4 Å². The maximum atomic E-state index is 6.21. The lowest BCUT2D eigenvalue weighted by atomic mass is 9.82. The van der Waals surface area contributed by atoms with Crippen molar-refractivity contribution in [3.63, 3.8) is 0 Å². The summed E-state index contributed by atoms with van der Waals surface area (Å²) in [5.41, 5.74) is 3.87. The number of ether oxygens (including phenoxy) is 1. The Morgan fingerprint density at radius 3 is 2.55 bits per heavy atom. The number of hydrogen-bond acceptors (Lipinski definition) is 3. The van der Waals surface area contributed by atoms with Gasteiger partial charge in [0.1, 0.15) is 0 Å². The summed E-state index contributed by atoms with van der Waals surface area (Å²) in [6, 6.07) is 7.90. The summed E-state index contributed by atoms with van der Waals surface area (Å²) in [5, 5.41) is 0.739. The van der Waals surface area contributed by atoms with Gasteiger partial charge in [-0.1, -0.05) is 49.4 Å². The molecule has 0 aromatic heterocycles. The first-order chi connectivity index (χ1) is 9.72. The zero-order valence-corrected chi connectivity index (χ0v) is 13.0. The standard InChI is InChI=1S/C16H25ClN2O/c1-2-20-16(10-5-3-4-6-11-16)15(19-18)13-8-7-9-14(17)12-13/h7-9,12,15,19H,2-6,10-11,18H2,1H3. The van der Waals surface area contributed by atoms with E-state index in [0.717, 1.165) is 23.4 Å². The van der Waals surface area contributed by atoms with E-state index in [-0.39, 0.29) is 11.6 Å². The van der Waals surface area contributed by atoms with Crippen molar-refractivity contribution in [1.29, 1.82) is 0 Å². The van der Waals surface area contributed by atoms with Gasteiger partial charge in [-0.3, -0.25) is 11.3 Å². The second-order valence-electron chi connectivity index (χ2n) is 5.57. The summed E-state index contributed by atoms with van der Waals surface area (Å²) in [4.78, 5) is 0. The fraction of sp³-hybridized carbons (Fsp3) is 0.625. The van der Waals surface area contributed by atoms with E-state index < -0.39 is 0 Å². The molecule has 1 fully saturated rings. The maximum Gasteiger partial charge on any atom is 0.0889 e. The summed E-state index contributed by atoms with van der Waals surface area (Å²) in [6.07, 6.45) is 7.03. The normalized spacial score (nSPS) is 20.4. The third-order valence-corrected chi connectivity index (χ3v) is 4.49. The molecule has 1 aliphatic rings. The van der Waals surface area contributed by atoms with Gasteiger partial charge >= 0.3 is 0 Å². The smallest absolute Gasteiger partial charge is 0.0889 e. The molecule has 0 bridgehead atoms. The Hall–Kier alpha value is -0.610. The van der Waals surface area contributed by atoms with Crippen molar-refractivity contribution < 1.29 is 4.74 Å². The van der Waals surface area contributed by atoms with Crippen LogP contribution in [0.3, 0.4) is 0 Å². The van der Waals surface area contributed by atoms with Gasteiger partial charge < -0.3 is 4.74 Å². The Labute approximate surface area is 126 Å². The number of rotatable bonds is 5. The van der Waals surface area contributed by atoms with E-state index >= 15 is 0 Å². The largest absolute Gasteiger partial charge is 0.373 e. The Morgan fingerprint density at radius 2 is 2.00 bits per heavy atom. The predicted molar refractivity (Wildman–Crippen MR) is 83.6 cm³/mol. The summed E-state index contributed by atoms with van der Waals surface area (Å²) in [7, 11) is 0. The van der Waals surface area contributed by atoms with Crippen LogP contribution < -0.4 is 11.3 Å². The van der Waals surface area contributed by atoms with Gasteiger partial charge in [0.2, 0.25) is 0 Å². The molecule has 0 amide bonds. The molecule has 1 aromatic rings. The molecular formula is C16H25ClN2O. The fourth-order valence-corrected chi connectivity index (χ4v) is 3.57. The lowest BCUT2D eigenvalue weighted by Crippen LogP contribution is -2.48. The molecule has 1 saturated carbocycles. The molecule has 3 nitrogen and oxygen atoms in total. The van der Waals surface area contributed by atoms with E-state index in [1.165, 1.54) is 25.7 Å². The van der Waals surface area contributed by atoms with E-state index in [1.54, 1.807) is 0 Å². The molecule has 0 aliphatic heterocycles. The second kappa shape index (κ2) is 7.41. The van der Waals surface area contributed by atoms with Crippen molar-refractivity contribution in [2.45, 2.75) is 57.1 Å². The van der Waals surface area contributed by atoms with Crippen LogP contribution in [0.4, 0.5) is 0 Å². The third-order valence-electron chi connectivity index (χ3n) is 4.26. The van der Waals surface area contributed by atoms with Crippen LogP contribution >= 0.6 is 11.6 Å². The van der Waals surface area contributed by atoms with Gasteiger partial charge in [0, 0.05) is 11.6 Å². The molecular weight excluding hydrogens is 272 g/mol. The number of halogens is 1. The summed E-state index contributed by atoms with van der Waals surface area (Å²) in [6.45, 7) is 2.76. The van der Waals surface area contributed by atoms with Gasteiger partial charge in [-0.15, -0.1) is 0 Å². The number of hydrazine groups is 1. The van der Waals surface area contributed by atoms with Crippen LogP contribution in [0.25, 0.3) is 0 Å². The molecule has 20 heavy (non-hydrogen) atoms. The van der Waals surface area contributed by atoms with Crippen molar-refractivity contribution in [3.8, 4) is 0 Å². The van der Waals surface area contributed by atoms with Gasteiger partial charge in [0.05, 0.1) is 11.6 Å². The topological polar surface area (TPSA) is 47.3 Å². The monoisotopic (exact) mass is 296 g/mol. The van der Waals surface area contributed by atoms with Crippen LogP contribution in [0, 0.1) is 0 Å². The zero-order chi connectivity index (χ0) is 14.4. The molecule has 1 aromatic carbocycles. The van der Waals surface area contributed by atoms with Crippen LogP contribution in [-0.4, -0.2) is 12.2 Å². The molecule has 1 aliphatic carbocycles. The van der Waals surface area contributed by atoms with Gasteiger partial charge in [0.15, 0.2) is 0 Å². The van der Waals surface area contributed by atoms with Gasteiger partial charge in [0.25, 0.3) is 0 Å². The van der Waals surface area contributed by atoms with Crippen LogP contribution in [-0.2, 0) is 4.74 Å². The highest BCUT2D eigenvalue weighted by Crippen LogP contribution is 2.40. The third kappa shape index (κ3) is 3.53. The summed E-state index contributed by atoms with van der Waals surface area (Å²) < 4.78 is 6.21. The average Bonchev–Trinajstić information content (AvgIpc) is 2.66. The molecule has 3 N–H and O–H groups in total. The molecule has 0 saturated heterocycles. The highest BCUT2D eigenvalue weighted by Gasteiger charge is 2.40. The van der Waals surface area contributed by atoms with E-state index in [9.17, 15) is 0 Å². The summed E-state index contributed by atoms with van der Waals surface area (Å²) >= 11 is 6.13. The lowest BCUT2D eigenvalue weighted by molar-refractivity contribution is -0.0782. The number of nitrogens with two attached hydrogens (primary N) is 1. The minimum Gasteiger partial charge on any atom is -0.373 e. The Kier molecular flexibility index (Phi) is 5.85. The SMILES string of the molecule is CCOC1(C(NN)c2cccc(Cl)c2)CCCCCC1. The van der Waals surface area contributed by atoms with Crippen molar-refractivity contribution in [1.82, 2.24) is 5.43 Å². The van der Waals surface area contributed by atoms with Crippen molar-refractivity contribution >= 4 is 11.6 Å². The quantitative estimate of drug-likeness (QED) is 0.491. The molecule has 112 valence electrons. The van der Waals surface area contributed by atoms with Gasteiger partial charge in [-0.05, 0) is 37.5 Å². The molecule has 0 heterocycles. The molecule has 1 atom stereocenters. The van der Waals surface area contributed by atoms with Crippen LogP contribution in [0.5, 0.6) is 0 Å². The fourth-order valence-electron chi connectivity index (χ4n) is 3.37. The first-order valence-electron chi connectivity index (χ1n) is 7.57. The van der Waals surface area contributed by atoms with Gasteiger partial charge in [-0.2, -0.15) is 0 Å². The minimum atomic E-state index is -0.218. The van der Waals surface area contributed by atoms with Crippen molar-refractivity contribution in [2.75, 3.05) is 6.61 Å².